The molecule has 1 aromatic rings. The number of hydrogen-bond acceptors (Lipinski definition) is 5. The summed E-state index contributed by atoms with van der Waals surface area (Å²) in [5, 5.41) is 0. The fourth-order valence-corrected chi connectivity index (χ4v) is 1.87. The van der Waals surface area contributed by atoms with Gasteiger partial charge in [0.25, 0.3) is 0 Å². The highest BCUT2D eigenvalue weighted by Crippen LogP contribution is 2.32. The van der Waals surface area contributed by atoms with Crippen LogP contribution in [-0.2, 0) is 0 Å². The maximum Gasteiger partial charge on any atom is 0.164 e. The number of benzene rings is 1. The van der Waals surface area contributed by atoms with E-state index in [0.29, 0.717) is 0 Å². The Hall–Kier alpha value is -2.17. The molecule has 0 aliphatic carbocycles. The SMILES string of the molecule is COc1c(C(C)=O)cc(N)c(C(C)=O)c1C(C)=O. The number of methoxy groups -OCH3 is 1. The first-order valence-electron chi connectivity index (χ1n) is 5.34. The zero-order valence-corrected chi connectivity index (χ0v) is 10.8. The highest BCUT2D eigenvalue weighted by Gasteiger charge is 2.24. The number of carbonyl (C=O) groups excluding carboxylic acids is 3. The summed E-state index contributed by atoms with van der Waals surface area (Å²) in [6, 6.07) is 1.37. The van der Waals surface area contributed by atoms with E-state index in [4.69, 9.17) is 10.5 Å². The molecule has 5 nitrogen and oxygen atoms in total. The molecule has 0 saturated carbocycles. The van der Waals surface area contributed by atoms with Crippen molar-refractivity contribution in [3.05, 3.63) is 22.8 Å². The summed E-state index contributed by atoms with van der Waals surface area (Å²) in [6.45, 7) is 3.95. The van der Waals surface area contributed by atoms with Gasteiger partial charge >= 0.3 is 0 Å². The molecule has 0 heterocycles. The van der Waals surface area contributed by atoms with Crippen molar-refractivity contribution in [2.75, 3.05) is 12.8 Å². The average Bonchev–Trinajstić information content (AvgIpc) is 2.26. The summed E-state index contributed by atoms with van der Waals surface area (Å²) in [5.74, 6) is -0.886. The first kappa shape index (κ1) is 13.9. The van der Waals surface area contributed by atoms with Crippen molar-refractivity contribution >= 4 is 23.0 Å². The summed E-state index contributed by atoms with van der Waals surface area (Å²) >= 11 is 0. The molecule has 1 aromatic carbocycles. The van der Waals surface area contributed by atoms with Crippen LogP contribution in [0, 0.1) is 0 Å². The summed E-state index contributed by atoms with van der Waals surface area (Å²) in [6.07, 6.45) is 0. The number of hydrogen-bond donors (Lipinski definition) is 1. The Labute approximate surface area is 105 Å². The van der Waals surface area contributed by atoms with E-state index in [0.717, 1.165) is 0 Å². The first-order valence-corrected chi connectivity index (χ1v) is 5.34. The van der Waals surface area contributed by atoms with E-state index in [9.17, 15) is 14.4 Å². The zero-order valence-electron chi connectivity index (χ0n) is 10.8. The maximum absolute atomic E-state index is 11.7. The number of nitrogen functional groups attached to an aromatic ring is 1. The molecule has 0 aromatic heterocycles. The maximum atomic E-state index is 11.7. The van der Waals surface area contributed by atoms with Crippen molar-refractivity contribution in [1.82, 2.24) is 0 Å². The molecule has 5 heteroatoms. The monoisotopic (exact) mass is 249 g/mol. The highest BCUT2D eigenvalue weighted by molar-refractivity contribution is 6.15. The predicted octanol–water partition coefficient (Wildman–Crippen LogP) is 1.89. The standard InChI is InChI=1S/C13H15NO4/c1-6(15)9-5-10(14)11(7(2)16)12(8(3)17)13(9)18-4/h5H,14H2,1-4H3. The van der Waals surface area contributed by atoms with Crippen LogP contribution in [0.2, 0.25) is 0 Å². The van der Waals surface area contributed by atoms with Gasteiger partial charge < -0.3 is 10.5 Å². The fraction of sp³-hybridized carbons (Fsp3) is 0.308. The van der Waals surface area contributed by atoms with Crippen LogP contribution < -0.4 is 10.5 Å². The Morgan fingerprint density at radius 2 is 1.50 bits per heavy atom. The second-order valence-electron chi connectivity index (χ2n) is 3.97. The molecule has 0 amide bonds. The number of rotatable bonds is 4. The van der Waals surface area contributed by atoms with Crippen LogP contribution in [0.15, 0.2) is 6.07 Å². The van der Waals surface area contributed by atoms with Gasteiger partial charge in [-0.1, -0.05) is 0 Å². The molecule has 0 unspecified atom stereocenters. The zero-order chi connectivity index (χ0) is 14.0. The van der Waals surface area contributed by atoms with Crippen molar-refractivity contribution < 1.29 is 19.1 Å². The Bertz CT molecular complexity index is 546. The molecule has 0 aliphatic rings. The Morgan fingerprint density at radius 1 is 1.00 bits per heavy atom. The van der Waals surface area contributed by atoms with Gasteiger partial charge in [-0.3, -0.25) is 14.4 Å². The number of Topliss-reactive ketones (excluding diaryl/α,β-unsaturated/α-hetero) is 3. The smallest absolute Gasteiger partial charge is 0.164 e. The van der Waals surface area contributed by atoms with Gasteiger partial charge in [-0.2, -0.15) is 0 Å². The Kier molecular flexibility index (Phi) is 3.86. The van der Waals surface area contributed by atoms with E-state index >= 15 is 0 Å². The van der Waals surface area contributed by atoms with Gasteiger partial charge in [0.1, 0.15) is 5.75 Å². The predicted molar refractivity (Wildman–Crippen MR) is 67.4 cm³/mol. The molecule has 0 spiro atoms. The van der Waals surface area contributed by atoms with Gasteiger partial charge in [0.2, 0.25) is 0 Å². The second-order valence-corrected chi connectivity index (χ2v) is 3.97. The van der Waals surface area contributed by atoms with Gasteiger partial charge in [0.05, 0.1) is 23.8 Å². The van der Waals surface area contributed by atoms with E-state index in [1.165, 1.54) is 33.9 Å². The molecule has 0 fully saturated rings. The lowest BCUT2D eigenvalue weighted by Crippen LogP contribution is -2.13. The summed E-state index contributed by atoms with van der Waals surface area (Å²) in [5.41, 5.74) is 6.22. The van der Waals surface area contributed by atoms with Crippen molar-refractivity contribution in [3.63, 3.8) is 0 Å². The molecule has 2 N–H and O–H groups in total. The van der Waals surface area contributed by atoms with Gasteiger partial charge in [-0.05, 0) is 26.8 Å². The normalized spacial score (nSPS) is 10.0. The number of ether oxygens (including phenoxy) is 1. The lowest BCUT2D eigenvalue weighted by molar-refractivity contribution is 0.0976. The lowest BCUT2D eigenvalue weighted by atomic mass is 9.94. The molecular formula is C13H15NO4. The van der Waals surface area contributed by atoms with Crippen LogP contribution in [0.3, 0.4) is 0 Å². The minimum atomic E-state index is -0.369. The van der Waals surface area contributed by atoms with Crippen LogP contribution in [0.1, 0.15) is 51.8 Å². The van der Waals surface area contributed by atoms with Crippen molar-refractivity contribution in [2.24, 2.45) is 0 Å². The van der Waals surface area contributed by atoms with Gasteiger partial charge in [-0.25, -0.2) is 0 Å². The number of anilines is 1. The molecule has 0 aliphatic heterocycles. The van der Waals surface area contributed by atoms with Gasteiger partial charge in [0.15, 0.2) is 17.3 Å². The quantitative estimate of drug-likeness (QED) is 0.650. The molecule has 96 valence electrons. The third-order valence-electron chi connectivity index (χ3n) is 2.60. The lowest BCUT2D eigenvalue weighted by Gasteiger charge is -2.15. The topological polar surface area (TPSA) is 86.5 Å². The van der Waals surface area contributed by atoms with Crippen LogP contribution in [0.5, 0.6) is 5.75 Å². The second kappa shape index (κ2) is 5.00. The number of carbonyl (C=O) groups is 3. The van der Waals surface area contributed by atoms with Crippen LogP contribution >= 0.6 is 0 Å². The fourth-order valence-electron chi connectivity index (χ4n) is 1.87. The molecular weight excluding hydrogens is 234 g/mol. The van der Waals surface area contributed by atoms with Crippen LogP contribution in [0.4, 0.5) is 5.69 Å². The van der Waals surface area contributed by atoms with Crippen LogP contribution in [-0.4, -0.2) is 24.5 Å². The molecule has 18 heavy (non-hydrogen) atoms. The minimum absolute atomic E-state index is 0.0650. The molecule has 0 bridgehead atoms. The van der Waals surface area contributed by atoms with Crippen LogP contribution in [0.25, 0.3) is 0 Å². The number of ketones is 3. The Morgan fingerprint density at radius 3 is 1.83 bits per heavy atom. The largest absolute Gasteiger partial charge is 0.495 e. The molecule has 1 rings (SSSR count). The van der Waals surface area contributed by atoms with E-state index in [1.807, 2.05) is 0 Å². The highest BCUT2D eigenvalue weighted by atomic mass is 16.5. The third-order valence-corrected chi connectivity index (χ3v) is 2.60. The summed E-state index contributed by atoms with van der Waals surface area (Å²) < 4.78 is 5.10. The van der Waals surface area contributed by atoms with Crippen molar-refractivity contribution in [3.8, 4) is 5.75 Å². The van der Waals surface area contributed by atoms with E-state index in [2.05, 4.69) is 0 Å². The van der Waals surface area contributed by atoms with E-state index in [1.54, 1.807) is 0 Å². The van der Waals surface area contributed by atoms with Crippen molar-refractivity contribution in [2.45, 2.75) is 20.8 Å². The third kappa shape index (κ3) is 2.25. The van der Waals surface area contributed by atoms with E-state index < -0.39 is 0 Å². The number of nitrogens with two attached hydrogens (primary N) is 1. The molecule has 0 radical (unpaired) electrons. The first-order chi connectivity index (χ1) is 8.31. The van der Waals surface area contributed by atoms with Crippen molar-refractivity contribution in [1.29, 1.82) is 0 Å². The summed E-state index contributed by atoms with van der Waals surface area (Å²) in [4.78, 5) is 34.7. The van der Waals surface area contributed by atoms with E-state index in [-0.39, 0.29) is 45.5 Å². The summed E-state index contributed by atoms with van der Waals surface area (Å²) in [7, 11) is 1.34. The minimum Gasteiger partial charge on any atom is -0.495 e. The molecule has 0 atom stereocenters. The van der Waals surface area contributed by atoms with Gasteiger partial charge in [-0.15, -0.1) is 0 Å². The average molecular weight is 249 g/mol. The Balaban J connectivity index is 3.83. The van der Waals surface area contributed by atoms with Gasteiger partial charge in [0, 0.05) is 5.69 Å². The molecule has 0 saturated heterocycles.